The number of alkyl carbamates (subject to hydrolysis) is 1. The van der Waals surface area contributed by atoms with Gasteiger partial charge in [-0.2, -0.15) is 0 Å². The fourth-order valence-electron chi connectivity index (χ4n) is 3.13. The molecule has 1 heterocycles. The van der Waals surface area contributed by atoms with E-state index in [9.17, 15) is 19.2 Å². The molecule has 0 saturated heterocycles. The standard InChI is InChI=1S/C25H39NO9/c1-15(12-18-10-11-20(32-17(3)28)21(33-18)14-31-16(2)27)13-19(22(29)34-24(4,5)6)26-23(30)35-25(7,8)9/h10-11,18-21H,1,12-14H2,2-9H3,(H,26,30)/t18-,19-,20+,21+/m0/s1. The van der Waals surface area contributed by atoms with Crippen molar-refractivity contribution in [3.63, 3.8) is 0 Å². The number of nitrogens with one attached hydrogen (secondary N) is 1. The van der Waals surface area contributed by atoms with E-state index in [2.05, 4.69) is 11.9 Å². The van der Waals surface area contributed by atoms with Crippen molar-refractivity contribution >= 4 is 24.0 Å². The lowest BCUT2D eigenvalue weighted by Crippen LogP contribution is -2.46. The summed E-state index contributed by atoms with van der Waals surface area (Å²) in [7, 11) is 0. The summed E-state index contributed by atoms with van der Waals surface area (Å²) in [5, 5.41) is 2.56. The number of ether oxygens (including phenoxy) is 5. The highest BCUT2D eigenvalue weighted by atomic mass is 16.6. The molecule has 10 nitrogen and oxygen atoms in total. The molecule has 0 fully saturated rings. The van der Waals surface area contributed by atoms with Gasteiger partial charge < -0.3 is 29.0 Å². The summed E-state index contributed by atoms with van der Waals surface area (Å²) in [6, 6.07) is -1.02. The average Bonchev–Trinajstić information content (AvgIpc) is 2.64. The maximum Gasteiger partial charge on any atom is 0.408 e. The van der Waals surface area contributed by atoms with Gasteiger partial charge in [-0.1, -0.05) is 18.2 Å². The van der Waals surface area contributed by atoms with Crippen LogP contribution >= 0.6 is 0 Å². The smallest absolute Gasteiger partial charge is 0.408 e. The van der Waals surface area contributed by atoms with Crippen molar-refractivity contribution in [2.24, 2.45) is 0 Å². The lowest BCUT2D eigenvalue weighted by atomic mass is 9.99. The molecule has 198 valence electrons. The molecule has 35 heavy (non-hydrogen) atoms. The molecule has 0 aliphatic carbocycles. The molecule has 0 aromatic heterocycles. The third-order valence-corrected chi connectivity index (χ3v) is 4.35. The number of hydrogen-bond donors (Lipinski definition) is 1. The Bertz CT molecular complexity index is 820. The number of carbonyl (C=O) groups excluding carboxylic acids is 4. The molecule has 0 spiro atoms. The molecule has 0 unspecified atom stereocenters. The molecule has 1 aliphatic heterocycles. The third kappa shape index (κ3) is 13.0. The summed E-state index contributed by atoms with van der Waals surface area (Å²) in [6.45, 7) is 16.8. The van der Waals surface area contributed by atoms with Gasteiger partial charge in [0, 0.05) is 13.8 Å². The highest BCUT2D eigenvalue weighted by Gasteiger charge is 2.33. The van der Waals surface area contributed by atoms with Gasteiger partial charge >= 0.3 is 24.0 Å². The molecule has 0 saturated carbocycles. The Kier molecular flexibility index (Phi) is 11.0. The van der Waals surface area contributed by atoms with Gasteiger partial charge in [0.15, 0.2) is 0 Å². The lowest BCUT2D eigenvalue weighted by molar-refractivity contribution is -0.163. The van der Waals surface area contributed by atoms with Gasteiger partial charge in [-0.25, -0.2) is 9.59 Å². The Balaban J connectivity index is 2.90. The summed E-state index contributed by atoms with van der Waals surface area (Å²) in [6.07, 6.45) is 1.14. The van der Waals surface area contributed by atoms with Crippen LogP contribution in [0.15, 0.2) is 24.3 Å². The first kappa shape index (κ1) is 30.2. The first-order chi connectivity index (χ1) is 15.9. The molecule has 1 rings (SSSR count). The molecule has 4 atom stereocenters. The van der Waals surface area contributed by atoms with E-state index in [4.69, 9.17) is 23.7 Å². The predicted molar refractivity (Wildman–Crippen MR) is 127 cm³/mol. The SMILES string of the molecule is C=C(C[C@H](NC(=O)OC(C)(C)C)C(=O)OC(C)(C)C)C[C@@H]1C=C[C@@H](OC(C)=O)[C@@H](COC(C)=O)O1. The molecule has 0 radical (unpaired) electrons. The average molecular weight is 498 g/mol. The van der Waals surface area contributed by atoms with Gasteiger partial charge in [-0.15, -0.1) is 0 Å². The monoisotopic (exact) mass is 497 g/mol. The fourth-order valence-corrected chi connectivity index (χ4v) is 3.13. The quantitative estimate of drug-likeness (QED) is 0.290. The van der Waals surface area contributed by atoms with Crippen LogP contribution in [-0.2, 0) is 38.1 Å². The molecule has 0 bridgehead atoms. The Labute approximate surface area is 207 Å². The number of carbonyl (C=O) groups is 4. The third-order valence-electron chi connectivity index (χ3n) is 4.35. The number of esters is 3. The molecule has 1 N–H and O–H groups in total. The van der Waals surface area contributed by atoms with Crippen molar-refractivity contribution in [3.05, 3.63) is 24.3 Å². The van der Waals surface area contributed by atoms with Crippen LogP contribution in [0.25, 0.3) is 0 Å². The second kappa shape index (κ2) is 12.7. The molecular weight excluding hydrogens is 458 g/mol. The van der Waals surface area contributed by atoms with E-state index in [1.54, 1.807) is 53.7 Å². The first-order valence-electron chi connectivity index (χ1n) is 11.5. The van der Waals surface area contributed by atoms with Crippen LogP contribution in [0.5, 0.6) is 0 Å². The van der Waals surface area contributed by atoms with Gasteiger partial charge in [-0.3, -0.25) is 9.59 Å². The minimum atomic E-state index is -1.02. The Morgan fingerprint density at radius 1 is 0.971 bits per heavy atom. The summed E-state index contributed by atoms with van der Waals surface area (Å²) >= 11 is 0. The van der Waals surface area contributed by atoms with Gasteiger partial charge in [0.2, 0.25) is 0 Å². The van der Waals surface area contributed by atoms with E-state index in [0.29, 0.717) is 12.0 Å². The van der Waals surface area contributed by atoms with Crippen LogP contribution in [-0.4, -0.2) is 66.2 Å². The van der Waals surface area contributed by atoms with Crippen LogP contribution < -0.4 is 5.32 Å². The van der Waals surface area contributed by atoms with E-state index < -0.39 is 59.6 Å². The van der Waals surface area contributed by atoms with E-state index in [-0.39, 0.29) is 13.0 Å². The molecule has 1 amide bonds. The first-order valence-corrected chi connectivity index (χ1v) is 11.5. The zero-order valence-electron chi connectivity index (χ0n) is 22.0. The van der Waals surface area contributed by atoms with Crippen molar-refractivity contribution in [1.82, 2.24) is 5.32 Å². The van der Waals surface area contributed by atoms with Crippen molar-refractivity contribution in [2.45, 2.75) is 104 Å². The summed E-state index contributed by atoms with van der Waals surface area (Å²) in [5.74, 6) is -1.60. The van der Waals surface area contributed by atoms with E-state index in [0.717, 1.165) is 0 Å². The zero-order chi connectivity index (χ0) is 27.0. The molecule has 1 aliphatic rings. The normalized spacial score (nSPS) is 20.9. The summed E-state index contributed by atoms with van der Waals surface area (Å²) in [4.78, 5) is 47.7. The minimum Gasteiger partial charge on any atom is -0.463 e. The largest absolute Gasteiger partial charge is 0.463 e. The minimum absolute atomic E-state index is 0.0871. The second-order valence-electron chi connectivity index (χ2n) is 10.4. The summed E-state index contributed by atoms with van der Waals surface area (Å²) in [5.41, 5.74) is -0.892. The Morgan fingerprint density at radius 2 is 1.57 bits per heavy atom. The molecule has 0 aromatic carbocycles. The van der Waals surface area contributed by atoms with Crippen molar-refractivity contribution < 1.29 is 42.9 Å². The van der Waals surface area contributed by atoms with Crippen molar-refractivity contribution in [1.29, 1.82) is 0 Å². The molecular formula is C25H39NO9. The Hall–Kier alpha value is -2.88. The van der Waals surface area contributed by atoms with Crippen LogP contribution in [0.4, 0.5) is 4.79 Å². The maximum absolute atomic E-state index is 12.8. The molecule has 10 heteroatoms. The fraction of sp³-hybridized carbons (Fsp3) is 0.680. The highest BCUT2D eigenvalue weighted by Crippen LogP contribution is 2.23. The zero-order valence-corrected chi connectivity index (χ0v) is 22.0. The molecule has 0 aromatic rings. The maximum atomic E-state index is 12.8. The van der Waals surface area contributed by atoms with Crippen LogP contribution in [0.1, 0.15) is 68.2 Å². The van der Waals surface area contributed by atoms with E-state index in [1.165, 1.54) is 13.8 Å². The summed E-state index contributed by atoms with van der Waals surface area (Å²) < 4.78 is 27.0. The predicted octanol–water partition coefficient (Wildman–Crippen LogP) is 3.38. The van der Waals surface area contributed by atoms with Crippen LogP contribution in [0.3, 0.4) is 0 Å². The highest BCUT2D eigenvalue weighted by molar-refractivity contribution is 5.82. The van der Waals surface area contributed by atoms with Crippen LogP contribution in [0.2, 0.25) is 0 Å². The Morgan fingerprint density at radius 3 is 2.09 bits per heavy atom. The van der Waals surface area contributed by atoms with Gasteiger partial charge in [-0.05, 0) is 60.5 Å². The lowest BCUT2D eigenvalue weighted by Gasteiger charge is -2.32. The number of hydrogen-bond acceptors (Lipinski definition) is 9. The number of rotatable bonds is 9. The van der Waals surface area contributed by atoms with Crippen molar-refractivity contribution in [2.75, 3.05) is 6.61 Å². The van der Waals surface area contributed by atoms with Crippen molar-refractivity contribution in [3.8, 4) is 0 Å². The second-order valence-corrected chi connectivity index (χ2v) is 10.4. The van der Waals surface area contributed by atoms with Gasteiger partial charge in [0.05, 0.1) is 6.10 Å². The van der Waals surface area contributed by atoms with Gasteiger partial charge in [0.25, 0.3) is 0 Å². The van der Waals surface area contributed by atoms with Gasteiger partial charge in [0.1, 0.15) is 36.1 Å². The number of amides is 1. The topological polar surface area (TPSA) is 126 Å². The van der Waals surface area contributed by atoms with Crippen LogP contribution in [0, 0.1) is 0 Å². The van der Waals surface area contributed by atoms with E-state index in [1.807, 2.05) is 0 Å². The van der Waals surface area contributed by atoms with E-state index >= 15 is 0 Å².